The molecule has 0 bridgehead atoms. The third-order valence-corrected chi connectivity index (χ3v) is 4.90. The Bertz CT molecular complexity index is 894. The van der Waals surface area contributed by atoms with E-state index in [1.807, 2.05) is 18.5 Å². The second-order valence-corrected chi connectivity index (χ2v) is 7.40. The number of hydrogen-bond donors (Lipinski definition) is 2. The van der Waals surface area contributed by atoms with E-state index in [9.17, 15) is 13.2 Å². The molecule has 1 fully saturated rings. The molecule has 4 heterocycles. The Morgan fingerprint density at radius 2 is 2.11 bits per heavy atom. The van der Waals surface area contributed by atoms with Gasteiger partial charge in [0.2, 0.25) is 0 Å². The van der Waals surface area contributed by atoms with Gasteiger partial charge in [-0.25, -0.2) is 9.97 Å². The van der Waals surface area contributed by atoms with Crippen LogP contribution in [0.25, 0.3) is 16.8 Å². The van der Waals surface area contributed by atoms with Crippen LogP contribution >= 0.6 is 11.9 Å². The number of aromatic nitrogens is 4. The minimum atomic E-state index is -4.05. The Hall–Kier alpha value is -1.78. The standard InChI is InChI=1S/C14H16N4O.C3H6F3NS/c1-8-5-9(2)19-13(8)11-6-16-12-7-17-14-10(18(11)12)3-4-15-14;4-3(5,6)1-2-8-7/h3-4,6-9,13,15H,5H2,1-2H3;1-2,7H2/t8-,9+,13+;/m1./s1. The van der Waals surface area contributed by atoms with Gasteiger partial charge in [-0.1, -0.05) is 18.9 Å². The number of aromatic amines is 1. The predicted octanol–water partition coefficient (Wildman–Crippen LogP) is 4.24. The van der Waals surface area contributed by atoms with Crippen molar-refractivity contribution in [3.05, 3.63) is 30.4 Å². The number of fused-ring (bicyclic) bond motifs is 3. The molecule has 3 atom stereocenters. The zero-order valence-corrected chi connectivity index (χ0v) is 15.8. The molecule has 148 valence electrons. The fraction of sp³-hybridized carbons (Fsp3) is 0.529. The fourth-order valence-electron chi connectivity index (χ4n) is 3.32. The first-order chi connectivity index (χ1) is 12.8. The second kappa shape index (κ2) is 8.07. The van der Waals surface area contributed by atoms with Gasteiger partial charge in [-0.05, 0) is 25.3 Å². The molecule has 3 aromatic rings. The fourth-order valence-corrected chi connectivity index (χ4v) is 3.67. The molecule has 0 radical (unpaired) electrons. The first kappa shape index (κ1) is 20.0. The van der Waals surface area contributed by atoms with E-state index in [2.05, 4.69) is 33.2 Å². The van der Waals surface area contributed by atoms with Gasteiger partial charge in [0.15, 0.2) is 11.3 Å². The molecular weight excluding hydrogens is 379 g/mol. The zero-order chi connectivity index (χ0) is 19.6. The Morgan fingerprint density at radius 3 is 2.70 bits per heavy atom. The van der Waals surface area contributed by atoms with Crippen LogP contribution in [0.5, 0.6) is 0 Å². The van der Waals surface area contributed by atoms with Crippen molar-refractivity contribution in [3.8, 4) is 0 Å². The number of nitrogens with one attached hydrogen (secondary N) is 1. The molecular formula is C17H22F3N5OS. The van der Waals surface area contributed by atoms with Crippen molar-refractivity contribution in [3.63, 3.8) is 0 Å². The molecule has 0 saturated carbocycles. The normalized spacial score (nSPS) is 23.0. The Morgan fingerprint density at radius 1 is 1.33 bits per heavy atom. The summed E-state index contributed by atoms with van der Waals surface area (Å²) in [5.41, 5.74) is 3.93. The van der Waals surface area contributed by atoms with Gasteiger partial charge in [-0.3, -0.25) is 9.54 Å². The summed E-state index contributed by atoms with van der Waals surface area (Å²) in [6.07, 6.45) is 2.30. The summed E-state index contributed by atoms with van der Waals surface area (Å²) in [5.74, 6) is 0.459. The average molecular weight is 401 g/mol. The van der Waals surface area contributed by atoms with Gasteiger partial charge >= 0.3 is 6.18 Å². The van der Waals surface area contributed by atoms with Gasteiger partial charge in [-0.15, -0.1) is 0 Å². The van der Waals surface area contributed by atoms with E-state index in [1.165, 1.54) is 0 Å². The molecule has 0 aromatic carbocycles. The number of nitrogens with two attached hydrogens (primary N) is 1. The number of rotatable bonds is 3. The summed E-state index contributed by atoms with van der Waals surface area (Å²) >= 11 is 0.708. The molecule has 1 aliphatic heterocycles. The Balaban J connectivity index is 0.000000226. The Labute approximate surface area is 158 Å². The van der Waals surface area contributed by atoms with Crippen LogP contribution < -0.4 is 5.14 Å². The molecule has 1 saturated heterocycles. The van der Waals surface area contributed by atoms with Gasteiger partial charge in [-0.2, -0.15) is 13.2 Å². The molecule has 27 heavy (non-hydrogen) atoms. The van der Waals surface area contributed by atoms with E-state index in [4.69, 9.17) is 9.88 Å². The van der Waals surface area contributed by atoms with E-state index in [0.29, 0.717) is 24.0 Å². The molecule has 4 rings (SSSR count). The van der Waals surface area contributed by atoms with Gasteiger partial charge < -0.3 is 9.72 Å². The van der Waals surface area contributed by atoms with Crippen LogP contribution in [-0.2, 0) is 4.74 Å². The van der Waals surface area contributed by atoms with Gasteiger partial charge in [0.25, 0.3) is 0 Å². The largest absolute Gasteiger partial charge is 0.389 e. The first-order valence-electron chi connectivity index (χ1n) is 8.63. The lowest BCUT2D eigenvalue weighted by Gasteiger charge is -2.15. The minimum absolute atomic E-state index is 0.0521. The second-order valence-electron chi connectivity index (χ2n) is 6.66. The topological polar surface area (TPSA) is 81.2 Å². The molecule has 0 spiro atoms. The van der Waals surface area contributed by atoms with E-state index in [1.54, 1.807) is 6.20 Å². The van der Waals surface area contributed by atoms with E-state index >= 15 is 0 Å². The van der Waals surface area contributed by atoms with Crippen LogP contribution in [0, 0.1) is 5.92 Å². The molecule has 0 amide bonds. The molecule has 10 heteroatoms. The van der Waals surface area contributed by atoms with E-state index in [-0.39, 0.29) is 11.9 Å². The van der Waals surface area contributed by atoms with Crippen molar-refractivity contribution in [1.82, 2.24) is 19.4 Å². The van der Waals surface area contributed by atoms with E-state index in [0.717, 1.165) is 28.9 Å². The molecule has 3 N–H and O–H groups in total. The molecule has 1 aliphatic rings. The highest BCUT2D eigenvalue weighted by atomic mass is 32.2. The van der Waals surface area contributed by atoms with Crippen molar-refractivity contribution >= 4 is 28.8 Å². The van der Waals surface area contributed by atoms with Crippen molar-refractivity contribution in [2.45, 2.75) is 45.1 Å². The number of alkyl halides is 3. The number of nitrogens with zero attached hydrogens (tertiary/aromatic N) is 3. The van der Waals surface area contributed by atoms with Gasteiger partial charge in [0.1, 0.15) is 6.10 Å². The maximum absolute atomic E-state index is 11.2. The smallest absolute Gasteiger partial charge is 0.369 e. The molecule has 0 unspecified atom stereocenters. The third kappa shape index (κ3) is 4.56. The lowest BCUT2D eigenvalue weighted by atomic mass is 10.0. The van der Waals surface area contributed by atoms with Crippen LogP contribution in [0.2, 0.25) is 0 Å². The highest BCUT2D eigenvalue weighted by Gasteiger charge is 2.33. The summed E-state index contributed by atoms with van der Waals surface area (Å²) in [5, 5.41) is 4.75. The third-order valence-electron chi connectivity index (χ3n) is 4.46. The zero-order valence-electron chi connectivity index (χ0n) is 15.0. The average Bonchev–Trinajstić information content (AvgIpc) is 3.29. The number of halogens is 3. The molecule has 6 nitrogen and oxygen atoms in total. The summed E-state index contributed by atoms with van der Waals surface area (Å²) in [6, 6.07) is 2.03. The van der Waals surface area contributed by atoms with Gasteiger partial charge in [0.05, 0.1) is 36.1 Å². The number of ether oxygens (including phenoxy) is 1. The minimum Gasteiger partial charge on any atom is -0.369 e. The molecule has 0 aliphatic carbocycles. The first-order valence-corrected chi connectivity index (χ1v) is 9.68. The summed E-state index contributed by atoms with van der Waals surface area (Å²) in [7, 11) is 0. The summed E-state index contributed by atoms with van der Waals surface area (Å²) < 4.78 is 41.7. The Kier molecular flexibility index (Phi) is 5.97. The quantitative estimate of drug-likeness (QED) is 0.642. The van der Waals surface area contributed by atoms with Gasteiger partial charge in [0, 0.05) is 11.9 Å². The van der Waals surface area contributed by atoms with Crippen LogP contribution in [0.3, 0.4) is 0 Å². The molecule has 3 aromatic heterocycles. The number of imidazole rings is 1. The SMILES string of the molecule is C[C@@H]1C[C@H](C)O[C@@H]1c1cnc2cnc3[nH]ccc3n12.NSCCC(F)(F)F. The van der Waals surface area contributed by atoms with Crippen molar-refractivity contribution in [1.29, 1.82) is 0 Å². The summed E-state index contributed by atoms with van der Waals surface area (Å²) in [6.45, 7) is 4.37. The van der Waals surface area contributed by atoms with Crippen molar-refractivity contribution < 1.29 is 17.9 Å². The maximum atomic E-state index is 11.2. The number of H-pyrrole nitrogens is 1. The monoisotopic (exact) mass is 401 g/mol. The van der Waals surface area contributed by atoms with Crippen LogP contribution in [-0.4, -0.2) is 37.4 Å². The number of hydrogen-bond acceptors (Lipinski definition) is 5. The van der Waals surface area contributed by atoms with Crippen LogP contribution in [0.4, 0.5) is 13.2 Å². The van der Waals surface area contributed by atoms with Crippen LogP contribution in [0.15, 0.2) is 24.7 Å². The highest BCUT2D eigenvalue weighted by molar-refractivity contribution is 7.97. The highest BCUT2D eigenvalue weighted by Crippen LogP contribution is 2.38. The summed E-state index contributed by atoms with van der Waals surface area (Å²) in [4.78, 5) is 12.0. The maximum Gasteiger partial charge on any atom is 0.389 e. The predicted molar refractivity (Wildman–Crippen MR) is 99.2 cm³/mol. The lowest BCUT2D eigenvalue weighted by Crippen LogP contribution is -2.08. The van der Waals surface area contributed by atoms with Crippen LogP contribution in [0.1, 0.15) is 38.5 Å². The van der Waals surface area contributed by atoms with Crippen molar-refractivity contribution in [2.75, 3.05) is 5.75 Å². The lowest BCUT2D eigenvalue weighted by molar-refractivity contribution is -0.129. The van der Waals surface area contributed by atoms with Crippen molar-refractivity contribution in [2.24, 2.45) is 11.1 Å². The van der Waals surface area contributed by atoms with E-state index < -0.39 is 12.6 Å².